The van der Waals surface area contributed by atoms with Gasteiger partial charge in [0, 0.05) is 32.7 Å². The van der Waals surface area contributed by atoms with E-state index in [1.165, 1.54) is 12.8 Å². The van der Waals surface area contributed by atoms with Crippen LogP contribution in [0.5, 0.6) is 0 Å². The molecular formula is C21H36N4O3. The molecule has 0 aliphatic carbocycles. The van der Waals surface area contributed by atoms with E-state index in [0.29, 0.717) is 19.1 Å². The normalized spacial score (nSPS) is 22.1. The van der Waals surface area contributed by atoms with Crippen LogP contribution in [0.2, 0.25) is 0 Å². The van der Waals surface area contributed by atoms with Crippen molar-refractivity contribution in [2.45, 2.75) is 32.2 Å². The van der Waals surface area contributed by atoms with Crippen LogP contribution < -0.4 is 5.32 Å². The van der Waals surface area contributed by atoms with Crippen LogP contribution in [-0.2, 0) is 9.47 Å². The minimum absolute atomic E-state index is 0.224. The van der Waals surface area contributed by atoms with Crippen molar-refractivity contribution in [3.05, 3.63) is 24.2 Å². The average Bonchev–Trinajstić information content (AvgIpc) is 3.48. The molecule has 7 heteroatoms. The smallest absolute Gasteiger partial charge is 0.193 e. The Morgan fingerprint density at radius 3 is 2.89 bits per heavy atom. The van der Waals surface area contributed by atoms with E-state index in [1.807, 2.05) is 6.07 Å². The Morgan fingerprint density at radius 1 is 1.32 bits per heavy atom. The standard InChI is InChI=1S/C21H36N4O3/c1-3-22-21(25-11-8-18(16-25)17-27-14-13-26-2)23-15-19(20-7-6-12-28-20)24-9-4-5-10-24/h6-7,12,18-19H,3-5,8-11,13-17H2,1-2H3,(H,22,23). The minimum atomic E-state index is 0.224. The zero-order valence-corrected chi connectivity index (χ0v) is 17.4. The van der Waals surface area contributed by atoms with E-state index in [0.717, 1.165) is 64.0 Å². The third-order valence-corrected chi connectivity index (χ3v) is 5.57. The molecule has 1 N–H and O–H groups in total. The van der Waals surface area contributed by atoms with Crippen LogP contribution in [0.3, 0.4) is 0 Å². The molecule has 0 bridgehead atoms. The van der Waals surface area contributed by atoms with Crippen LogP contribution in [0.15, 0.2) is 27.8 Å². The molecule has 158 valence electrons. The lowest BCUT2D eigenvalue weighted by Crippen LogP contribution is -2.41. The molecule has 3 heterocycles. The van der Waals surface area contributed by atoms with E-state index in [-0.39, 0.29) is 6.04 Å². The van der Waals surface area contributed by atoms with E-state index in [1.54, 1.807) is 13.4 Å². The third kappa shape index (κ3) is 5.96. The Morgan fingerprint density at radius 2 is 2.18 bits per heavy atom. The van der Waals surface area contributed by atoms with Crippen molar-refractivity contribution in [1.82, 2.24) is 15.1 Å². The molecule has 2 atom stereocenters. The van der Waals surface area contributed by atoms with E-state index in [2.05, 4.69) is 28.1 Å². The SMILES string of the molecule is CCNC(=NCC(c1ccco1)N1CCCC1)N1CCC(COCCOC)C1. The van der Waals surface area contributed by atoms with Crippen LogP contribution >= 0.6 is 0 Å². The molecule has 0 amide bonds. The van der Waals surface area contributed by atoms with Gasteiger partial charge in [-0.15, -0.1) is 0 Å². The second kappa shape index (κ2) is 11.4. The Kier molecular flexibility index (Phi) is 8.64. The highest BCUT2D eigenvalue weighted by atomic mass is 16.5. The fourth-order valence-electron chi connectivity index (χ4n) is 4.07. The fraction of sp³-hybridized carbons (Fsp3) is 0.762. The molecule has 2 unspecified atom stereocenters. The van der Waals surface area contributed by atoms with Gasteiger partial charge in [0.1, 0.15) is 5.76 Å². The van der Waals surface area contributed by atoms with Crippen molar-refractivity contribution < 1.29 is 13.9 Å². The topological polar surface area (TPSA) is 62.5 Å². The summed E-state index contributed by atoms with van der Waals surface area (Å²) in [6, 6.07) is 4.28. The minimum Gasteiger partial charge on any atom is -0.468 e. The number of hydrogen-bond acceptors (Lipinski definition) is 5. The van der Waals surface area contributed by atoms with Crippen LogP contribution in [-0.4, -0.2) is 82.0 Å². The lowest BCUT2D eigenvalue weighted by molar-refractivity contribution is 0.0536. The summed E-state index contributed by atoms with van der Waals surface area (Å²) in [5.41, 5.74) is 0. The van der Waals surface area contributed by atoms with Crippen LogP contribution in [0, 0.1) is 5.92 Å². The zero-order valence-electron chi connectivity index (χ0n) is 17.4. The highest BCUT2D eigenvalue weighted by Crippen LogP contribution is 2.26. The largest absolute Gasteiger partial charge is 0.468 e. The molecule has 0 saturated carbocycles. The molecule has 2 aliphatic rings. The number of hydrogen-bond donors (Lipinski definition) is 1. The number of aliphatic imine (C=N–C) groups is 1. The molecule has 2 aliphatic heterocycles. The van der Waals surface area contributed by atoms with Crippen molar-refractivity contribution in [3.63, 3.8) is 0 Å². The number of likely N-dealkylation sites (tertiary alicyclic amines) is 2. The van der Waals surface area contributed by atoms with Crippen LogP contribution in [0.25, 0.3) is 0 Å². The molecule has 0 aromatic carbocycles. The average molecular weight is 393 g/mol. The molecular weight excluding hydrogens is 356 g/mol. The first kappa shape index (κ1) is 21.1. The van der Waals surface area contributed by atoms with Crippen molar-refractivity contribution in [3.8, 4) is 0 Å². The molecule has 0 spiro atoms. The molecule has 1 aromatic heterocycles. The summed E-state index contributed by atoms with van der Waals surface area (Å²) in [4.78, 5) is 9.88. The summed E-state index contributed by atoms with van der Waals surface area (Å²) in [5, 5.41) is 3.48. The maximum absolute atomic E-state index is 5.74. The van der Waals surface area contributed by atoms with Crippen LogP contribution in [0.4, 0.5) is 0 Å². The summed E-state index contributed by atoms with van der Waals surface area (Å²) in [7, 11) is 1.71. The Balaban J connectivity index is 1.58. The highest BCUT2D eigenvalue weighted by Gasteiger charge is 2.28. The number of ether oxygens (including phenoxy) is 2. The molecule has 1 aromatic rings. The summed E-state index contributed by atoms with van der Waals surface area (Å²) in [6.45, 7) is 10.1. The maximum Gasteiger partial charge on any atom is 0.193 e. The monoisotopic (exact) mass is 392 g/mol. The van der Waals surface area contributed by atoms with Gasteiger partial charge in [-0.2, -0.15) is 0 Å². The number of nitrogens with one attached hydrogen (secondary N) is 1. The van der Waals surface area contributed by atoms with Gasteiger partial charge in [-0.3, -0.25) is 9.89 Å². The Bertz CT molecular complexity index is 572. The predicted octanol–water partition coefficient (Wildman–Crippen LogP) is 2.37. The van der Waals surface area contributed by atoms with Gasteiger partial charge in [-0.25, -0.2) is 0 Å². The van der Waals surface area contributed by atoms with Crippen molar-refractivity contribution >= 4 is 5.96 Å². The van der Waals surface area contributed by atoms with Gasteiger partial charge in [0.05, 0.1) is 38.7 Å². The van der Waals surface area contributed by atoms with E-state index in [4.69, 9.17) is 18.9 Å². The van der Waals surface area contributed by atoms with Gasteiger partial charge in [-0.1, -0.05) is 0 Å². The lowest BCUT2D eigenvalue weighted by atomic mass is 10.1. The Hall–Kier alpha value is -1.57. The van der Waals surface area contributed by atoms with Crippen LogP contribution in [0.1, 0.15) is 38.0 Å². The van der Waals surface area contributed by atoms with E-state index in [9.17, 15) is 0 Å². The van der Waals surface area contributed by atoms with Crippen molar-refractivity contribution in [2.75, 3.05) is 66.2 Å². The molecule has 7 nitrogen and oxygen atoms in total. The maximum atomic E-state index is 5.74. The number of nitrogens with zero attached hydrogens (tertiary/aromatic N) is 3. The van der Waals surface area contributed by atoms with E-state index < -0.39 is 0 Å². The first-order valence-electron chi connectivity index (χ1n) is 10.7. The van der Waals surface area contributed by atoms with Gasteiger partial charge in [-0.05, 0) is 51.4 Å². The zero-order chi connectivity index (χ0) is 19.6. The summed E-state index contributed by atoms with van der Waals surface area (Å²) >= 11 is 0. The molecule has 28 heavy (non-hydrogen) atoms. The Labute approximate surface area is 169 Å². The third-order valence-electron chi connectivity index (χ3n) is 5.57. The fourth-order valence-corrected chi connectivity index (χ4v) is 4.07. The van der Waals surface area contributed by atoms with Gasteiger partial charge in [0.25, 0.3) is 0 Å². The van der Waals surface area contributed by atoms with Crippen molar-refractivity contribution in [2.24, 2.45) is 10.9 Å². The van der Waals surface area contributed by atoms with Gasteiger partial charge in [0.2, 0.25) is 0 Å². The number of guanidine groups is 1. The second-order valence-corrected chi connectivity index (χ2v) is 7.64. The number of rotatable bonds is 10. The first-order chi connectivity index (χ1) is 13.8. The molecule has 2 fully saturated rings. The molecule has 3 rings (SSSR count). The van der Waals surface area contributed by atoms with Gasteiger partial charge < -0.3 is 24.1 Å². The van der Waals surface area contributed by atoms with Gasteiger partial charge >= 0.3 is 0 Å². The van der Waals surface area contributed by atoms with Crippen molar-refractivity contribution in [1.29, 1.82) is 0 Å². The first-order valence-corrected chi connectivity index (χ1v) is 10.7. The molecule has 0 radical (unpaired) electrons. The lowest BCUT2D eigenvalue weighted by Gasteiger charge is -2.26. The molecule has 2 saturated heterocycles. The van der Waals surface area contributed by atoms with Gasteiger partial charge in [0.15, 0.2) is 5.96 Å². The quantitative estimate of drug-likeness (QED) is 0.375. The summed E-state index contributed by atoms with van der Waals surface area (Å²) < 4.78 is 16.5. The number of furan rings is 1. The highest BCUT2D eigenvalue weighted by molar-refractivity contribution is 5.80. The number of methoxy groups -OCH3 is 1. The second-order valence-electron chi connectivity index (χ2n) is 7.64. The van der Waals surface area contributed by atoms with E-state index >= 15 is 0 Å². The predicted molar refractivity (Wildman–Crippen MR) is 111 cm³/mol. The summed E-state index contributed by atoms with van der Waals surface area (Å²) in [6.07, 6.45) is 5.43. The summed E-state index contributed by atoms with van der Waals surface area (Å²) in [5.74, 6) is 2.59.